The fourth-order valence-corrected chi connectivity index (χ4v) is 2.56. The molecule has 1 aliphatic carbocycles. The second-order valence-corrected chi connectivity index (χ2v) is 4.52. The number of hydrogen-bond donors (Lipinski definition) is 1. The van der Waals surface area contributed by atoms with Crippen LogP contribution in [0.3, 0.4) is 0 Å². The SMILES string of the molecule is CNCCc1c(C2CCCC2)ncn1C. The van der Waals surface area contributed by atoms with Gasteiger partial charge < -0.3 is 9.88 Å². The molecule has 0 atom stereocenters. The molecule has 2 rings (SSSR count). The number of aryl methyl sites for hydroxylation is 1. The molecule has 1 aromatic rings. The second-order valence-electron chi connectivity index (χ2n) is 4.52. The van der Waals surface area contributed by atoms with Crippen LogP contribution in [0.5, 0.6) is 0 Å². The first-order valence-corrected chi connectivity index (χ1v) is 5.97. The minimum absolute atomic E-state index is 0.734. The zero-order chi connectivity index (χ0) is 10.7. The Balaban J connectivity index is 2.14. The van der Waals surface area contributed by atoms with Gasteiger partial charge in [-0.05, 0) is 19.9 Å². The lowest BCUT2D eigenvalue weighted by Crippen LogP contribution is -2.14. The fraction of sp³-hybridized carbons (Fsp3) is 0.750. The summed E-state index contributed by atoms with van der Waals surface area (Å²) in [5, 5.41) is 3.21. The van der Waals surface area contributed by atoms with Gasteiger partial charge in [0.1, 0.15) is 0 Å². The number of likely N-dealkylation sites (N-methyl/N-ethyl adjacent to an activating group) is 1. The van der Waals surface area contributed by atoms with E-state index in [0.29, 0.717) is 0 Å². The molecule has 0 radical (unpaired) electrons. The van der Waals surface area contributed by atoms with Crippen LogP contribution in [0.2, 0.25) is 0 Å². The van der Waals surface area contributed by atoms with Crippen LogP contribution < -0.4 is 5.32 Å². The Morgan fingerprint density at radius 1 is 1.47 bits per heavy atom. The van der Waals surface area contributed by atoms with Gasteiger partial charge in [-0.15, -0.1) is 0 Å². The lowest BCUT2D eigenvalue weighted by molar-refractivity contribution is 0.669. The van der Waals surface area contributed by atoms with Crippen molar-refractivity contribution in [2.45, 2.75) is 38.0 Å². The van der Waals surface area contributed by atoms with Gasteiger partial charge in [-0.2, -0.15) is 0 Å². The van der Waals surface area contributed by atoms with Gasteiger partial charge >= 0.3 is 0 Å². The highest BCUT2D eigenvalue weighted by atomic mass is 15.0. The molecule has 1 heterocycles. The standard InChI is InChI=1S/C12H21N3/c1-13-8-7-11-12(14-9-15(11)2)10-5-3-4-6-10/h9-10,13H,3-8H2,1-2H3. The average molecular weight is 207 g/mol. The predicted octanol–water partition coefficient (Wildman–Crippen LogP) is 1.84. The molecule has 3 nitrogen and oxygen atoms in total. The summed E-state index contributed by atoms with van der Waals surface area (Å²) >= 11 is 0. The number of nitrogens with one attached hydrogen (secondary N) is 1. The third-order valence-corrected chi connectivity index (χ3v) is 3.45. The van der Waals surface area contributed by atoms with E-state index in [1.807, 2.05) is 13.4 Å². The Kier molecular flexibility index (Phi) is 3.41. The van der Waals surface area contributed by atoms with Gasteiger partial charge in [0.15, 0.2) is 0 Å². The molecule has 84 valence electrons. The van der Waals surface area contributed by atoms with E-state index in [4.69, 9.17) is 0 Å². The maximum absolute atomic E-state index is 4.59. The normalized spacial score (nSPS) is 17.5. The highest BCUT2D eigenvalue weighted by Gasteiger charge is 2.22. The van der Waals surface area contributed by atoms with Crippen LogP contribution in [0.25, 0.3) is 0 Å². The lowest BCUT2D eigenvalue weighted by atomic mass is 10.0. The largest absolute Gasteiger partial charge is 0.337 e. The Bertz CT molecular complexity index is 311. The summed E-state index contributed by atoms with van der Waals surface area (Å²) in [5.74, 6) is 0.734. The first-order chi connectivity index (χ1) is 7.33. The van der Waals surface area contributed by atoms with E-state index >= 15 is 0 Å². The first-order valence-electron chi connectivity index (χ1n) is 5.97. The number of aromatic nitrogens is 2. The van der Waals surface area contributed by atoms with E-state index in [1.165, 1.54) is 37.1 Å². The van der Waals surface area contributed by atoms with Crippen molar-refractivity contribution in [3.05, 3.63) is 17.7 Å². The van der Waals surface area contributed by atoms with E-state index in [9.17, 15) is 0 Å². The third kappa shape index (κ3) is 2.23. The molecule has 1 saturated carbocycles. The van der Waals surface area contributed by atoms with Crippen LogP contribution in [0, 0.1) is 0 Å². The zero-order valence-corrected chi connectivity index (χ0v) is 9.79. The van der Waals surface area contributed by atoms with Crippen molar-refractivity contribution < 1.29 is 0 Å². The molecule has 1 aliphatic rings. The van der Waals surface area contributed by atoms with Crippen molar-refractivity contribution in [1.82, 2.24) is 14.9 Å². The van der Waals surface area contributed by atoms with Crippen LogP contribution in [-0.2, 0) is 13.5 Å². The van der Waals surface area contributed by atoms with Gasteiger partial charge in [-0.3, -0.25) is 0 Å². The smallest absolute Gasteiger partial charge is 0.0949 e. The third-order valence-electron chi connectivity index (χ3n) is 3.45. The molecule has 0 saturated heterocycles. The van der Waals surface area contributed by atoms with Crippen LogP contribution in [0.15, 0.2) is 6.33 Å². The summed E-state index contributed by atoms with van der Waals surface area (Å²) in [6.07, 6.45) is 8.50. The van der Waals surface area contributed by atoms with Gasteiger partial charge in [0.2, 0.25) is 0 Å². The molecule has 1 N–H and O–H groups in total. The molecular weight excluding hydrogens is 186 g/mol. The Morgan fingerprint density at radius 3 is 2.87 bits per heavy atom. The van der Waals surface area contributed by atoms with Gasteiger partial charge in [0.25, 0.3) is 0 Å². The maximum atomic E-state index is 4.59. The molecule has 3 heteroatoms. The minimum Gasteiger partial charge on any atom is -0.337 e. The van der Waals surface area contributed by atoms with Crippen molar-refractivity contribution in [3.63, 3.8) is 0 Å². The zero-order valence-electron chi connectivity index (χ0n) is 9.79. The van der Waals surface area contributed by atoms with Crippen LogP contribution >= 0.6 is 0 Å². The Morgan fingerprint density at radius 2 is 2.20 bits per heavy atom. The molecule has 0 spiro atoms. The Labute approximate surface area is 91.9 Å². The topological polar surface area (TPSA) is 29.9 Å². The summed E-state index contributed by atoms with van der Waals surface area (Å²) in [5.41, 5.74) is 2.79. The molecule has 1 fully saturated rings. The number of imidazole rings is 1. The molecule has 1 aromatic heterocycles. The van der Waals surface area contributed by atoms with Crippen molar-refractivity contribution in [2.75, 3.05) is 13.6 Å². The summed E-state index contributed by atoms with van der Waals surface area (Å²) in [7, 11) is 4.11. The maximum Gasteiger partial charge on any atom is 0.0949 e. The summed E-state index contributed by atoms with van der Waals surface area (Å²) in [6, 6.07) is 0. The Hall–Kier alpha value is -0.830. The van der Waals surface area contributed by atoms with Crippen LogP contribution in [0.1, 0.15) is 43.0 Å². The van der Waals surface area contributed by atoms with E-state index in [0.717, 1.165) is 18.9 Å². The molecule has 0 aromatic carbocycles. The quantitative estimate of drug-likeness (QED) is 0.816. The van der Waals surface area contributed by atoms with Gasteiger partial charge in [0, 0.05) is 31.6 Å². The molecule has 15 heavy (non-hydrogen) atoms. The number of hydrogen-bond acceptors (Lipinski definition) is 2. The van der Waals surface area contributed by atoms with E-state index < -0.39 is 0 Å². The van der Waals surface area contributed by atoms with Gasteiger partial charge in [0.05, 0.1) is 12.0 Å². The van der Waals surface area contributed by atoms with Crippen molar-refractivity contribution in [1.29, 1.82) is 0 Å². The molecule has 0 amide bonds. The molecular formula is C12H21N3. The first kappa shape index (κ1) is 10.7. The highest BCUT2D eigenvalue weighted by molar-refractivity contribution is 5.19. The summed E-state index contributed by atoms with van der Waals surface area (Å²) in [6.45, 7) is 1.04. The monoisotopic (exact) mass is 207 g/mol. The molecule has 0 bridgehead atoms. The van der Waals surface area contributed by atoms with E-state index in [2.05, 4.69) is 21.9 Å². The predicted molar refractivity (Wildman–Crippen MR) is 62.0 cm³/mol. The fourth-order valence-electron chi connectivity index (χ4n) is 2.56. The molecule has 0 unspecified atom stereocenters. The summed E-state index contributed by atoms with van der Waals surface area (Å²) < 4.78 is 2.19. The summed E-state index contributed by atoms with van der Waals surface area (Å²) in [4.78, 5) is 4.59. The highest BCUT2D eigenvalue weighted by Crippen LogP contribution is 2.34. The lowest BCUT2D eigenvalue weighted by Gasteiger charge is -2.10. The van der Waals surface area contributed by atoms with E-state index in [1.54, 1.807) is 0 Å². The molecule has 0 aliphatic heterocycles. The van der Waals surface area contributed by atoms with E-state index in [-0.39, 0.29) is 0 Å². The average Bonchev–Trinajstić information content (AvgIpc) is 2.84. The van der Waals surface area contributed by atoms with Crippen LogP contribution in [-0.4, -0.2) is 23.1 Å². The van der Waals surface area contributed by atoms with Crippen molar-refractivity contribution in [2.24, 2.45) is 7.05 Å². The van der Waals surface area contributed by atoms with Gasteiger partial charge in [-0.1, -0.05) is 12.8 Å². The second kappa shape index (κ2) is 4.79. The number of rotatable bonds is 4. The number of nitrogens with zero attached hydrogens (tertiary/aromatic N) is 2. The van der Waals surface area contributed by atoms with Crippen molar-refractivity contribution >= 4 is 0 Å². The minimum atomic E-state index is 0.734. The van der Waals surface area contributed by atoms with Crippen molar-refractivity contribution in [3.8, 4) is 0 Å². The van der Waals surface area contributed by atoms with Gasteiger partial charge in [-0.25, -0.2) is 4.98 Å². The van der Waals surface area contributed by atoms with Crippen LogP contribution in [0.4, 0.5) is 0 Å².